The number of carbonyl (C=O) groups excluding carboxylic acids is 2. The fourth-order valence-corrected chi connectivity index (χ4v) is 3.04. The van der Waals surface area contributed by atoms with Gasteiger partial charge in [0.1, 0.15) is 0 Å². The van der Waals surface area contributed by atoms with Gasteiger partial charge in [0, 0.05) is 18.0 Å². The highest BCUT2D eigenvalue weighted by Crippen LogP contribution is 2.19. The van der Waals surface area contributed by atoms with Crippen LogP contribution in [0.3, 0.4) is 0 Å². The van der Waals surface area contributed by atoms with Gasteiger partial charge in [0.25, 0.3) is 11.5 Å². The van der Waals surface area contributed by atoms with Gasteiger partial charge in [-0.25, -0.2) is 9.48 Å². The molecule has 1 aromatic carbocycles. The molecule has 1 fully saturated rings. The van der Waals surface area contributed by atoms with Gasteiger partial charge in [0.15, 0.2) is 11.8 Å². The molecule has 0 spiro atoms. The van der Waals surface area contributed by atoms with Crippen molar-refractivity contribution in [2.24, 2.45) is 0 Å². The quantitative estimate of drug-likeness (QED) is 0.529. The summed E-state index contributed by atoms with van der Waals surface area (Å²) in [6.07, 6.45) is 4.99. The van der Waals surface area contributed by atoms with Gasteiger partial charge in [-0.2, -0.15) is 5.10 Å². The summed E-state index contributed by atoms with van der Waals surface area (Å²) in [6.45, 7) is 4.11. The van der Waals surface area contributed by atoms with Gasteiger partial charge in [-0.1, -0.05) is 44.4 Å². The van der Waals surface area contributed by atoms with E-state index in [4.69, 9.17) is 4.74 Å². The number of benzene rings is 1. The molecule has 7 nitrogen and oxygen atoms in total. The number of aromatic nitrogens is 2. The number of nitrogens with zero attached hydrogens (tertiary/aromatic N) is 2. The van der Waals surface area contributed by atoms with E-state index in [-0.39, 0.29) is 23.2 Å². The number of hydrogen-bond donors (Lipinski definition) is 1. The Bertz CT molecular complexity index is 917. The second kappa shape index (κ2) is 8.99. The number of ether oxygens (including phenoxy) is 1. The predicted octanol–water partition coefficient (Wildman–Crippen LogP) is 2.80. The lowest BCUT2D eigenvalue weighted by Gasteiger charge is -2.15. The first-order valence-electron chi connectivity index (χ1n) is 10.0. The molecule has 150 valence electrons. The van der Waals surface area contributed by atoms with E-state index in [0.29, 0.717) is 17.3 Å². The average molecular weight is 385 g/mol. The van der Waals surface area contributed by atoms with Crippen molar-refractivity contribution in [3.8, 4) is 0 Å². The van der Waals surface area contributed by atoms with Gasteiger partial charge >= 0.3 is 5.97 Å². The molecule has 3 rings (SSSR count). The summed E-state index contributed by atoms with van der Waals surface area (Å²) in [4.78, 5) is 37.5. The highest BCUT2D eigenvalue weighted by atomic mass is 16.5. The van der Waals surface area contributed by atoms with E-state index in [9.17, 15) is 14.4 Å². The van der Waals surface area contributed by atoms with Crippen LogP contribution in [0.5, 0.6) is 0 Å². The monoisotopic (exact) mass is 385 g/mol. The summed E-state index contributed by atoms with van der Waals surface area (Å²) < 4.78 is 6.68. The highest BCUT2D eigenvalue weighted by Gasteiger charge is 2.28. The molecule has 1 aromatic heterocycles. The molecular weight excluding hydrogens is 358 g/mol. The summed E-state index contributed by atoms with van der Waals surface area (Å²) in [5, 5.41) is 7.97. The predicted molar refractivity (Wildman–Crippen MR) is 106 cm³/mol. The molecule has 0 saturated heterocycles. The normalized spacial score (nSPS) is 14.6. The summed E-state index contributed by atoms with van der Waals surface area (Å²) in [5.41, 5.74) is -0.153. The van der Waals surface area contributed by atoms with Crippen LogP contribution in [0.25, 0.3) is 10.8 Å². The minimum absolute atomic E-state index is 0.0664. The maximum absolute atomic E-state index is 12.7. The molecule has 1 amide bonds. The van der Waals surface area contributed by atoms with Gasteiger partial charge < -0.3 is 10.1 Å². The lowest BCUT2D eigenvalue weighted by molar-refractivity contribution is -0.129. The number of unbranched alkanes of at least 4 members (excludes halogenated alkanes) is 3. The zero-order chi connectivity index (χ0) is 20.1. The zero-order valence-corrected chi connectivity index (χ0v) is 16.4. The fraction of sp³-hybridized carbons (Fsp3) is 0.524. The van der Waals surface area contributed by atoms with Crippen LogP contribution in [0.2, 0.25) is 0 Å². The minimum Gasteiger partial charge on any atom is -0.448 e. The number of nitrogens with one attached hydrogen (secondary N) is 1. The van der Waals surface area contributed by atoms with E-state index in [1.165, 1.54) is 4.68 Å². The van der Waals surface area contributed by atoms with Crippen LogP contribution in [0.1, 0.15) is 62.9 Å². The van der Waals surface area contributed by atoms with Crippen molar-refractivity contribution in [1.82, 2.24) is 15.1 Å². The van der Waals surface area contributed by atoms with Crippen LogP contribution in [0, 0.1) is 0 Å². The first-order chi connectivity index (χ1) is 13.5. The van der Waals surface area contributed by atoms with Crippen molar-refractivity contribution in [2.45, 2.75) is 71.1 Å². The number of hydrogen-bond acceptors (Lipinski definition) is 5. The summed E-state index contributed by atoms with van der Waals surface area (Å²) in [7, 11) is 0. The SMILES string of the molecule is CCCCCCn1nc(C(=O)OC(C)C(=O)NC2CC2)c2ccccc2c1=O. The van der Waals surface area contributed by atoms with Crippen molar-refractivity contribution in [1.29, 1.82) is 0 Å². The van der Waals surface area contributed by atoms with Gasteiger partial charge in [-0.15, -0.1) is 0 Å². The zero-order valence-electron chi connectivity index (χ0n) is 16.4. The van der Waals surface area contributed by atoms with Crippen LogP contribution in [0.4, 0.5) is 0 Å². The van der Waals surface area contributed by atoms with Crippen molar-refractivity contribution in [3.05, 3.63) is 40.3 Å². The van der Waals surface area contributed by atoms with Crippen molar-refractivity contribution in [3.63, 3.8) is 0 Å². The summed E-state index contributed by atoms with van der Waals surface area (Å²) in [5.74, 6) is -1.01. The highest BCUT2D eigenvalue weighted by molar-refractivity contribution is 6.02. The van der Waals surface area contributed by atoms with E-state index >= 15 is 0 Å². The second-order valence-electron chi connectivity index (χ2n) is 7.31. The molecule has 7 heteroatoms. The molecule has 0 aliphatic heterocycles. The minimum atomic E-state index is -0.918. The Balaban J connectivity index is 1.83. The van der Waals surface area contributed by atoms with Gasteiger partial charge in [-0.3, -0.25) is 9.59 Å². The molecule has 1 unspecified atom stereocenters. The Morgan fingerprint density at radius 2 is 1.93 bits per heavy atom. The lowest BCUT2D eigenvalue weighted by atomic mass is 10.1. The van der Waals surface area contributed by atoms with Crippen LogP contribution in [-0.4, -0.2) is 33.8 Å². The van der Waals surface area contributed by atoms with E-state index in [2.05, 4.69) is 17.3 Å². The van der Waals surface area contributed by atoms with Crippen LogP contribution in [0.15, 0.2) is 29.1 Å². The van der Waals surface area contributed by atoms with E-state index in [0.717, 1.165) is 38.5 Å². The number of rotatable bonds is 9. The number of carbonyl (C=O) groups is 2. The standard InChI is InChI=1S/C21H27N3O4/c1-3-4-5-8-13-24-20(26)17-10-7-6-9-16(17)18(23-24)21(27)28-14(2)19(25)22-15-11-12-15/h6-7,9-10,14-15H,3-5,8,11-13H2,1-2H3,(H,22,25). The maximum Gasteiger partial charge on any atom is 0.360 e. The van der Waals surface area contributed by atoms with Gasteiger partial charge in [0.05, 0.1) is 5.39 Å². The Hall–Kier alpha value is -2.70. The van der Waals surface area contributed by atoms with E-state index in [1.54, 1.807) is 31.2 Å². The van der Waals surface area contributed by atoms with Gasteiger partial charge in [0.2, 0.25) is 0 Å². The molecule has 1 N–H and O–H groups in total. The Morgan fingerprint density at radius 1 is 1.21 bits per heavy atom. The molecule has 1 atom stereocenters. The molecule has 28 heavy (non-hydrogen) atoms. The summed E-state index contributed by atoms with van der Waals surface area (Å²) >= 11 is 0. The molecule has 1 heterocycles. The van der Waals surface area contributed by atoms with Crippen LogP contribution in [-0.2, 0) is 16.1 Å². The van der Waals surface area contributed by atoms with Crippen molar-refractivity contribution in [2.75, 3.05) is 0 Å². The molecule has 1 aliphatic carbocycles. The third-order valence-electron chi connectivity index (χ3n) is 4.86. The first-order valence-corrected chi connectivity index (χ1v) is 10.0. The average Bonchev–Trinajstić information content (AvgIpc) is 3.50. The smallest absolute Gasteiger partial charge is 0.360 e. The molecule has 0 bridgehead atoms. The third-order valence-corrected chi connectivity index (χ3v) is 4.86. The first kappa shape index (κ1) is 20.0. The number of aryl methyl sites for hydroxylation is 1. The van der Waals surface area contributed by atoms with Crippen LogP contribution < -0.4 is 10.9 Å². The number of esters is 1. The van der Waals surface area contributed by atoms with Crippen molar-refractivity contribution < 1.29 is 14.3 Å². The Morgan fingerprint density at radius 3 is 2.61 bits per heavy atom. The van der Waals surface area contributed by atoms with E-state index < -0.39 is 12.1 Å². The van der Waals surface area contributed by atoms with Crippen LogP contribution >= 0.6 is 0 Å². The summed E-state index contributed by atoms with van der Waals surface area (Å²) in [6, 6.07) is 7.05. The fourth-order valence-electron chi connectivity index (χ4n) is 3.04. The molecule has 1 aliphatic rings. The van der Waals surface area contributed by atoms with Gasteiger partial charge in [-0.05, 0) is 32.3 Å². The molecule has 0 radical (unpaired) electrons. The molecular formula is C21H27N3O4. The number of amides is 1. The number of fused-ring (bicyclic) bond motifs is 1. The lowest BCUT2D eigenvalue weighted by Crippen LogP contribution is -2.37. The molecule has 1 saturated carbocycles. The third kappa shape index (κ3) is 4.77. The van der Waals surface area contributed by atoms with E-state index in [1.807, 2.05) is 0 Å². The topological polar surface area (TPSA) is 90.3 Å². The second-order valence-corrected chi connectivity index (χ2v) is 7.31. The maximum atomic E-state index is 12.7. The molecule has 2 aromatic rings. The largest absolute Gasteiger partial charge is 0.448 e. The van der Waals surface area contributed by atoms with Crippen molar-refractivity contribution >= 4 is 22.6 Å². The Kier molecular flexibility index (Phi) is 6.44. The Labute approximate surface area is 164 Å².